The van der Waals surface area contributed by atoms with Crippen LogP contribution in [0.4, 0.5) is 0 Å². The molecule has 3 heteroatoms. The molecule has 17 heavy (non-hydrogen) atoms. The van der Waals surface area contributed by atoms with Crippen molar-refractivity contribution in [3.63, 3.8) is 0 Å². The molecule has 0 saturated carbocycles. The highest BCUT2D eigenvalue weighted by atomic mass is 16.3. The maximum atomic E-state index is 11.9. The Morgan fingerprint density at radius 1 is 1.35 bits per heavy atom. The molecule has 1 rings (SSSR count). The molecule has 1 N–H and O–H groups in total. The minimum Gasteiger partial charge on any atom is -0.395 e. The van der Waals surface area contributed by atoms with Crippen LogP contribution >= 0.6 is 0 Å². The van der Waals surface area contributed by atoms with E-state index in [0.29, 0.717) is 19.5 Å². The van der Waals surface area contributed by atoms with Crippen LogP contribution in [-0.4, -0.2) is 35.6 Å². The van der Waals surface area contributed by atoms with Crippen molar-refractivity contribution in [1.82, 2.24) is 4.90 Å². The Morgan fingerprint density at radius 2 is 2.06 bits per heavy atom. The number of aliphatic hydroxyl groups excluding tert-OH is 1. The van der Waals surface area contributed by atoms with E-state index in [4.69, 9.17) is 5.11 Å². The third-order valence-corrected chi connectivity index (χ3v) is 2.54. The standard InChI is InChI=1S/C14H19NO2/c1-2-10-15(11-12-16)14(17)9-8-13-6-4-3-5-7-13/h2-7,16H,1,8-12H2. The van der Waals surface area contributed by atoms with Crippen LogP contribution in [0.25, 0.3) is 0 Å². The highest BCUT2D eigenvalue weighted by Gasteiger charge is 2.10. The molecule has 0 aromatic heterocycles. The van der Waals surface area contributed by atoms with Gasteiger partial charge in [-0.1, -0.05) is 36.4 Å². The molecule has 1 amide bonds. The molecule has 0 aliphatic heterocycles. The average molecular weight is 233 g/mol. The van der Waals surface area contributed by atoms with Gasteiger partial charge in [-0.3, -0.25) is 4.79 Å². The van der Waals surface area contributed by atoms with E-state index in [0.717, 1.165) is 12.0 Å². The summed E-state index contributed by atoms with van der Waals surface area (Å²) < 4.78 is 0. The van der Waals surface area contributed by atoms with Crippen LogP contribution in [0.2, 0.25) is 0 Å². The van der Waals surface area contributed by atoms with E-state index in [2.05, 4.69) is 6.58 Å². The van der Waals surface area contributed by atoms with Crippen molar-refractivity contribution in [3.05, 3.63) is 48.6 Å². The summed E-state index contributed by atoms with van der Waals surface area (Å²) in [7, 11) is 0. The van der Waals surface area contributed by atoms with E-state index in [1.807, 2.05) is 30.3 Å². The van der Waals surface area contributed by atoms with Gasteiger partial charge in [0.25, 0.3) is 0 Å². The normalized spacial score (nSPS) is 9.94. The minimum atomic E-state index is -0.00901. The first-order valence-electron chi connectivity index (χ1n) is 5.81. The van der Waals surface area contributed by atoms with Crippen molar-refractivity contribution >= 4 is 5.91 Å². The highest BCUT2D eigenvalue weighted by Crippen LogP contribution is 2.04. The van der Waals surface area contributed by atoms with E-state index >= 15 is 0 Å². The molecule has 1 aromatic rings. The second-order valence-corrected chi connectivity index (χ2v) is 3.84. The molecule has 0 aliphatic carbocycles. The maximum absolute atomic E-state index is 11.9. The first-order chi connectivity index (χ1) is 8.27. The van der Waals surface area contributed by atoms with Crippen LogP contribution < -0.4 is 0 Å². The van der Waals surface area contributed by atoms with Crippen molar-refractivity contribution in [3.8, 4) is 0 Å². The van der Waals surface area contributed by atoms with Crippen LogP contribution in [0, 0.1) is 0 Å². The molecule has 1 aromatic carbocycles. The van der Waals surface area contributed by atoms with Gasteiger partial charge in [-0.05, 0) is 12.0 Å². The van der Waals surface area contributed by atoms with Crippen LogP contribution in [-0.2, 0) is 11.2 Å². The Hall–Kier alpha value is -1.61. The largest absolute Gasteiger partial charge is 0.395 e. The van der Waals surface area contributed by atoms with Crippen molar-refractivity contribution in [2.24, 2.45) is 0 Å². The topological polar surface area (TPSA) is 40.5 Å². The molecule has 0 fully saturated rings. The predicted octanol–water partition coefficient (Wildman–Crippen LogP) is 1.63. The summed E-state index contributed by atoms with van der Waals surface area (Å²) in [6, 6.07) is 9.92. The first kappa shape index (κ1) is 13.5. The molecular formula is C14H19NO2. The summed E-state index contributed by atoms with van der Waals surface area (Å²) in [6.07, 6.45) is 2.88. The number of hydrogen-bond acceptors (Lipinski definition) is 2. The summed E-state index contributed by atoms with van der Waals surface area (Å²) in [5, 5.41) is 8.87. The Kier molecular flexibility index (Phi) is 6.04. The molecule has 0 radical (unpaired) electrons. The molecule has 0 unspecified atom stereocenters. The fourth-order valence-corrected chi connectivity index (χ4v) is 1.65. The van der Waals surface area contributed by atoms with Gasteiger partial charge in [-0.25, -0.2) is 0 Å². The van der Waals surface area contributed by atoms with E-state index in [9.17, 15) is 4.79 Å². The Balaban J connectivity index is 2.44. The molecule has 3 nitrogen and oxygen atoms in total. The van der Waals surface area contributed by atoms with Gasteiger partial charge in [-0.2, -0.15) is 0 Å². The molecule has 0 aliphatic rings. The molecular weight excluding hydrogens is 214 g/mol. The zero-order chi connectivity index (χ0) is 12.5. The quantitative estimate of drug-likeness (QED) is 0.727. The molecule has 92 valence electrons. The van der Waals surface area contributed by atoms with Crippen molar-refractivity contribution < 1.29 is 9.90 Å². The molecule has 0 bridgehead atoms. The molecule has 0 saturated heterocycles. The van der Waals surface area contributed by atoms with Gasteiger partial charge in [0.15, 0.2) is 0 Å². The smallest absolute Gasteiger partial charge is 0.223 e. The number of carbonyl (C=O) groups excluding carboxylic acids is 1. The van der Waals surface area contributed by atoms with Gasteiger partial charge in [0.1, 0.15) is 0 Å². The summed E-state index contributed by atoms with van der Waals surface area (Å²) in [6.45, 7) is 4.47. The molecule has 0 spiro atoms. The van der Waals surface area contributed by atoms with Crippen LogP contribution in [0.3, 0.4) is 0 Å². The first-order valence-corrected chi connectivity index (χ1v) is 5.81. The summed E-state index contributed by atoms with van der Waals surface area (Å²) in [4.78, 5) is 13.5. The summed E-state index contributed by atoms with van der Waals surface area (Å²) in [5.74, 6) is 0.0582. The van der Waals surface area contributed by atoms with Crippen molar-refractivity contribution in [2.45, 2.75) is 12.8 Å². The maximum Gasteiger partial charge on any atom is 0.223 e. The lowest BCUT2D eigenvalue weighted by Crippen LogP contribution is -2.33. The lowest BCUT2D eigenvalue weighted by atomic mass is 10.1. The monoisotopic (exact) mass is 233 g/mol. The van der Waals surface area contributed by atoms with E-state index < -0.39 is 0 Å². The third-order valence-electron chi connectivity index (χ3n) is 2.54. The zero-order valence-corrected chi connectivity index (χ0v) is 10.0. The number of benzene rings is 1. The summed E-state index contributed by atoms with van der Waals surface area (Å²) >= 11 is 0. The van der Waals surface area contributed by atoms with Crippen molar-refractivity contribution in [1.29, 1.82) is 0 Å². The predicted molar refractivity (Wildman–Crippen MR) is 68.6 cm³/mol. The van der Waals surface area contributed by atoms with Gasteiger partial charge < -0.3 is 10.0 Å². The van der Waals surface area contributed by atoms with Crippen LogP contribution in [0.1, 0.15) is 12.0 Å². The highest BCUT2D eigenvalue weighted by molar-refractivity contribution is 5.76. The lowest BCUT2D eigenvalue weighted by molar-refractivity contribution is -0.131. The SMILES string of the molecule is C=CCN(CCO)C(=O)CCc1ccccc1. The molecule has 0 atom stereocenters. The number of aliphatic hydroxyl groups is 1. The molecule has 0 heterocycles. The zero-order valence-electron chi connectivity index (χ0n) is 10.0. The fourth-order valence-electron chi connectivity index (χ4n) is 1.65. The van der Waals surface area contributed by atoms with Gasteiger partial charge in [0, 0.05) is 19.5 Å². The second-order valence-electron chi connectivity index (χ2n) is 3.84. The van der Waals surface area contributed by atoms with E-state index in [1.54, 1.807) is 11.0 Å². The van der Waals surface area contributed by atoms with E-state index in [1.165, 1.54) is 0 Å². The number of rotatable bonds is 7. The van der Waals surface area contributed by atoms with Crippen LogP contribution in [0.5, 0.6) is 0 Å². The van der Waals surface area contributed by atoms with Crippen LogP contribution in [0.15, 0.2) is 43.0 Å². The van der Waals surface area contributed by atoms with Gasteiger partial charge >= 0.3 is 0 Å². The Bertz CT molecular complexity index is 348. The number of nitrogens with zero attached hydrogens (tertiary/aromatic N) is 1. The number of hydrogen-bond donors (Lipinski definition) is 1. The fraction of sp³-hybridized carbons (Fsp3) is 0.357. The van der Waals surface area contributed by atoms with Crippen molar-refractivity contribution in [2.75, 3.05) is 19.7 Å². The number of aryl methyl sites for hydroxylation is 1. The van der Waals surface area contributed by atoms with Gasteiger partial charge in [0.2, 0.25) is 5.91 Å². The second kappa shape index (κ2) is 7.63. The summed E-state index contributed by atoms with van der Waals surface area (Å²) in [5.41, 5.74) is 1.16. The Morgan fingerprint density at radius 3 is 2.65 bits per heavy atom. The minimum absolute atomic E-state index is 0.00901. The van der Waals surface area contributed by atoms with Gasteiger partial charge in [0.05, 0.1) is 6.61 Å². The third kappa shape index (κ3) is 4.83. The average Bonchev–Trinajstić information content (AvgIpc) is 2.37. The number of amides is 1. The number of carbonyl (C=O) groups is 1. The van der Waals surface area contributed by atoms with Gasteiger partial charge in [-0.15, -0.1) is 6.58 Å². The Labute approximate surface area is 102 Å². The van der Waals surface area contributed by atoms with E-state index in [-0.39, 0.29) is 12.5 Å². The lowest BCUT2D eigenvalue weighted by Gasteiger charge is -2.19.